The second kappa shape index (κ2) is 8.74. The van der Waals surface area contributed by atoms with Crippen molar-refractivity contribution in [2.24, 2.45) is 51.8 Å². The zero-order valence-corrected chi connectivity index (χ0v) is 21.6. The molecule has 0 heteroatoms. The molecule has 0 N–H and O–H groups in total. The number of unbranched alkanes of at least 4 members (excludes halogenated alkanes) is 1. The minimum absolute atomic E-state index is 0.715. The van der Waals surface area contributed by atoms with Gasteiger partial charge in [0.15, 0.2) is 0 Å². The van der Waals surface area contributed by atoms with Gasteiger partial charge in [0, 0.05) is 0 Å². The average molecular weight is 415 g/mol. The van der Waals surface area contributed by atoms with E-state index in [0.717, 1.165) is 40.4 Å². The van der Waals surface area contributed by atoms with Gasteiger partial charge in [0.1, 0.15) is 0 Å². The standard InChI is InChI=1S/C28H48.C2H6/c1-5-8-21-13-17-27-23(19-21)14-18-28(27)24-12-11-22(10-7-6-9-20(2)3)26(24,4)16-15-25(27)28;1-2/h20-25H,5-19H2,1-4H3;1-2H3. The molecule has 0 radical (unpaired) electrons. The third kappa shape index (κ3) is 3.19. The molecule has 8 unspecified atom stereocenters. The molecule has 2 spiro atoms. The van der Waals surface area contributed by atoms with Crippen molar-refractivity contribution in [2.75, 3.05) is 0 Å². The fraction of sp³-hybridized carbons (Fsp3) is 1.00. The van der Waals surface area contributed by atoms with E-state index in [-0.39, 0.29) is 0 Å². The summed E-state index contributed by atoms with van der Waals surface area (Å²) in [5, 5.41) is 0. The average Bonchev–Trinajstić information content (AvgIpc) is 2.96. The lowest BCUT2D eigenvalue weighted by atomic mass is 9.59. The zero-order valence-electron chi connectivity index (χ0n) is 21.6. The van der Waals surface area contributed by atoms with Gasteiger partial charge in [-0.2, -0.15) is 0 Å². The molecule has 174 valence electrons. The molecule has 0 nitrogen and oxygen atoms in total. The SMILES string of the molecule is CC.CCCC1CCC23C(CCC24C2CCC(CCCCC(C)C)C2(C)CCC34)C1. The lowest BCUT2D eigenvalue weighted by Crippen LogP contribution is -2.39. The number of rotatable bonds is 7. The summed E-state index contributed by atoms with van der Waals surface area (Å²) in [6.45, 7) is 14.0. The summed E-state index contributed by atoms with van der Waals surface area (Å²) < 4.78 is 0. The molecule has 5 rings (SSSR count). The Hall–Kier alpha value is 0. The predicted octanol–water partition coefficient (Wildman–Crippen LogP) is 9.67. The fourth-order valence-electron chi connectivity index (χ4n) is 10.7. The molecule has 5 saturated carbocycles. The summed E-state index contributed by atoms with van der Waals surface area (Å²) in [6.07, 6.45) is 23.4. The normalized spacial score (nSPS) is 48.3. The van der Waals surface area contributed by atoms with Crippen LogP contribution < -0.4 is 0 Å². The number of fused-ring (bicyclic) bond motifs is 1. The lowest BCUT2D eigenvalue weighted by molar-refractivity contribution is 0.0295. The first-order valence-corrected chi connectivity index (χ1v) is 14.5. The molecule has 5 fully saturated rings. The van der Waals surface area contributed by atoms with E-state index in [2.05, 4.69) is 27.7 Å². The van der Waals surface area contributed by atoms with Crippen LogP contribution in [0.15, 0.2) is 0 Å². The molecule has 8 atom stereocenters. The molecule has 5 aliphatic carbocycles. The van der Waals surface area contributed by atoms with Crippen LogP contribution in [0.4, 0.5) is 0 Å². The number of hydrogen-bond donors (Lipinski definition) is 0. The van der Waals surface area contributed by atoms with Gasteiger partial charge in [-0.3, -0.25) is 0 Å². The molecule has 0 aromatic carbocycles. The van der Waals surface area contributed by atoms with Crippen LogP contribution in [-0.2, 0) is 0 Å². The summed E-state index contributed by atoms with van der Waals surface area (Å²) >= 11 is 0. The van der Waals surface area contributed by atoms with Crippen LogP contribution in [0.25, 0.3) is 0 Å². The van der Waals surface area contributed by atoms with Gasteiger partial charge >= 0.3 is 0 Å². The summed E-state index contributed by atoms with van der Waals surface area (Å²) in [5.41, 5.74) is 2.41. The molecule has 0 aromatic heterocycles. The molecule has 0 bridgehead atoms. The molecule has 0 aliphatic heterocycles. The maximum atomic E-state index is 2.78. The van der Waals surface area contributed by atoms with Gasteiger partial charge in [0.2, 0.25) is 0 Å². The number of hydrogen-bond acceptors (Lipinski definition) is 0. The highest BCUT2D eigenvalue weighted by molar-refractivity contribution is 5.33. The van der Waals surface area contributed by atoms with Crippen LogP contribution in [0.3, 0.4) is 0 Å². The second-order valence-corrected chi connectivity index (χ2v) is 12.8. The van der Waals surface area contributed by atoms with Crippen molar-refractivity contribution in [3.63, 3.8) is 0 Å². The molecule has 0 aromatic rings. The lowest BCUT2D eigenvalue weighted by Gasteiger charge is -2.45. The van der Waals surface area contributed by atoms with Gasteiger partial charge in [-0.05, 0) is 116 Å². The highest BCUT2D eigenvalue weighted by Crippen LogP contribution is 2.92. The first-order valence-electron chi connectivity index (χ1n) is 14.5. The Bertz CT molecular complexity index is 577. The topological polar surface area (TPSA) is 0 Å². The van der Waals surface area contributed by atoms with Gasteiger partial charge in [-0.25, -0.2) is 0 Å². The van der Waals surface area contributed by atoms with Crippen molar-refractivity contribution in [3.8, 4) is 0 Å². The molecule has 0 saturated heterocycles. The minimum Gasteiger partial charge on any atom is -0.0683 e. The Balaban J connectivity index is 0.00000106. The van der Waals surface area contributed by atoms with Crippen molar-refractivity contribution >= 4 is 0 Å². The van der Waals surface area contributed by atoms with Gasteiger partial charge in [-0.1, -0.05) is 73.6 Å². The summed E-state index contributed by atoms with van der Waals surface area (Å²) in [7, 11) is 0. The summed E-state index contributed by atoms with van der Waals surface area (Å²) in [5.74, 6) is 6.46. The van der Waals surface area contributed by atoms with Crippen molar-refractivity contribution in [1.29, 1.82) is 0 Å². The van der Waals surface area contributed by atoms with Crippen LogP contribution in [0.2, 0.25) is 0 Å². The second-order valence-electron chi connectivity index (χ2n) is 12.8. The molecular weight excluding hydrogens is 360 g/mol. The third-order valence-corrected chi connectivity index (χ3v) is 11.7. The fourth-order valence-corrected chi connectivity index (χ4v) is 10.7. The largest absolute Gasteiger partial charge is 0.0683 e. The van der Waals surface area contributed by atoms with Crippen LogP contribution in [0, 0.1) is 51.8 Å². The van der Waals surface area contributed by atoms with Crippen molar-refractivity contribution in [3.05, 3.63) is 0 Å². The third-order valence-electron chi connectivity index (χ3n) is 11.7. The van der Waals surface area contributed by atoms with Crippen molar-refractivity contribution in [2.45, 2.75) is 138 Å². The van der Waals surface area contributed by atoms with E-state index in [1.54, 1.807) is 64.2 Å². The van der Waals surface area contributed by atoms with E-state index in [4.69, 9.17) is 0 Å². The van der Waals surface area contributed by atoms with Crippen molar-refractivity contribution < 1.29 is 0 Å². The maximum Gasteiger partial charge on any atom is -0.0168 e. The monoisotopic (exact) mass is 414 g/mol. The van der Waals surface area contributed by atoms with Crippen LogP contribution in [0.5, 0.6) is 0 Å². The van der Waals surface area contributed by atoms with E-state index in [9.17, 15) is 0 Å². The van der Waals surface area contributed by atoms with E-state index < -0.39 is 0 Å². The molecule has 0 amide bonds. The van der Waals surface area contributed by atoms with Crippen molar-refractivity contribution in [1.82, 2.24) is 0 Å². The van der Waals surface area contributed by atoms with Gasteiger partial charge in [0.25, 0.3) is 0 Å². The van der Waals surface area contributed by atoms with E-state index in [0.29, 0.717) is 5.41 Å². The van der Waals surface area contributed by atoms with E-state index >= 15 is 0 Å². The summed E-state index contributed by atoms with van der Waals surface area (Å²) in [6, 6.07) is 0. The molecule has 0 heterocycles. The summed E-state index contributed by atoms with van der Waals surface area (Å²) in [4.78, 5) is 0. The Kier molecular flexibility index (Phi) is 6.75. The van der Waals surface area contributed by atoms with Gasteiger partial charge in [-0.15, -0.1) is 0 Å². The Morgan fingerprint density at radius 2 is 1.57 bits per heavy atom. The van der Waals surface area contributed by atoms with E-state index in [1.165, 1.54) is 38.0 Å². The minimum atomic E-state index is 0.715. The predicted molar refractivity (Wildman–Crippen MR) is 132 cm³/mol. The highest BCUT2D eigenvalue weighted by atomic mass is 14.9. The van der Waals surface area contributed by atoms with E-state index in [1.807, 2.05) is 13.8 Å². The Morgan fingerprint density at radius 3 is 2.30 bits per heavy atom. The quantitative estimate of drug-likeness (QED) is 0.364. The van der Waals surface area contributed by atoms with Crippen LogP contribution in [0.1, 0.15) is 138 Å². The first-order chi connectivity index (χ1) is 14.5. The highest BCUT2D eigenvalue weighted by Gasteiger charge is 2.85. The van der Waals surface area contributed by atoms with Crippen LogP contribution >= 0.6 is 0 Å². The Labute approximate surface area is 189 Å². The van der Waals surface area contributed by atoms with Gasteiger partial charge < -0.3 is 0 Å². The first kappa shape index (κ1) is 23.2. The molecule has 5 aliphatic rings. The molecule has 30 heavy (non-hydrogen) atoms. The maximum absolute atomic E-state index is 2.78. The van der Waals surface area contributed by atoms with Gasteiger partial charge in [0.05, 0.1) is 0 Å². The Morgan fingerprint density at radius 1 is 0.800 bits per heavy atom. The van der Waals surface area contributed by atoms with Crippen LogP contribution in [-0.4, -0.2) is 0 Å². The zero-order chi connectivity index (χ0) is 21.6. The molecular formula is C30H54. The smallest absolute Gasteiger partial charge is 0.0168 e.